The Morgan fingerprint density at radius 3 is 2.78 bits per heavy atom. The Bertz CT molecular complexity index is 1060. The molecule has 3 rings (SSSR count). The topological polar surface area (TPSA) is 76.0 Å². The molecule has 2 amide bonds. The number of nitrogens with zero attached hydrogens (tertiary/aromatic N) is 2. The van der Waals surface area contributed by atoms with Gasteiger partial charge in [-0.3, -0.25) is 9.36 Å². The average Bonchev–Trinajstić information content (AvgIpc) is 2.64. The normalized spacial score (nSPS) is 12.0. The van der Waals surface area contributed by atoms with Crippen LogP contribution in [0.2, 0.25) is 5.02 Å². The zero-order valence-electron chi connectivity index (χ0n) is 15.4. The lowest BCUT2D eigenvalue weighted by molar-refractivity contribution is 0.248. The summed E-state index contributed by atoms with van der Waals surface area (Å²) in [6.07, 6.45) is 0.888. The van der Waals surface area contributed by atoms with E-state index < -0.39 is 6.04 Å². The van der Waals surface area contributed by atoms with Crippen LogP contribution in [0.1, 0.15) is 31.3 Å². The third-order valence-electron chi connectivity index (χ3n) is 4.40. The van der Waals surface area contributed by atoms with Crippen molar-refractivity contribution in [3.8, 4) is 0 Å². The van der Waals surface area contributed by atoms with Gasteiger partial charge in [-0.2, -0.15) is 0 Å². The van der Waals surface area contributed by atoms with Crippen LogP contribution in [0.25, 0.3) is 10.9 Å². The summed E-state index contributed by atoms with van der Waals surface area (Å²) in [5.74, 6) is 0.451. The van der Waals surface area contributed by atoms with Crippen molar-refractivity contribution in [2.75, 3.05) is 5.32 Å². The Morgan fingerprint density at radius 1 is 1.26 bits per heavy atom. The first-order valence-corrected chi connectivity index (χ1v) is 9.09. The SMILES string of the molecule is CCc1cccc(NC(=O)NC(C)c2nc3cc(Cl)ccc3c(=O)n2C)c1. The van der Waals surface area contributed by atoms with E-state index in [2.05, 4.69) is 22.5 Å². The van der Waals surface area contributed by atoms with Crippen molar-refractivity contribution in [1.29, 1.82) is 0 Å². The lowest BCUT2D eigenvalue weighted by atomic mass is 10.1. The number of rotatable bonds is 4. The minimum Gasteiger partial charge on any atom is -0.328 e. The molecule has 2 N–H and O–H groups in total. The van der Waals surface area contributed by atoms with E-state index in [1.54, 1.807) is 32.2 Å². The molecule has 0 radical (unpaired) electrons. The van der Waals surface area contributed by atoms with Gasteiger partial charge in [-0.1, -0.05) is 30.7 Å². The number of carbonyl (C=O) groups is 1. The molecule has 0 fully saturated rings. The number of hydrogen-bond acceptors (Lipinski definition) is 3. The maximum atomic E-state index is 12.6. The Balaban J connectivity index is 1.83. The van der Waals surface area contributed by atoms with Crippen molar-refractivity contribution >= 4 is 34.2 Å². The summed E-state index contributed by atoms with van der Waals surface area (Å²) in [6.45, 7) is 3.83. The molecule has 1 aromatic heterocycles. The molecule has 140 valence electrons. The van der Waals surface area contributed by atoms with E-state index in [9.17, 15) is 9.59 Å². The summed E-state index contributed by atoms with van der Waals surface area (Å²) < 4.78 is 1.44. The lowest BCUT2D eigenvalue weighted by Crippen LogP contribution is -2.35. The Labute approximate surface area is 162 Å². The number of hydrogen-bond donors (Lipinski definition) is 2. The highest BCUT2D eigenvalue weighted by molar-refractivity contribution is 6.31. The van der Waals surface area contributed by atoms with Crippen LogP contribution in [0.15, 0.2) is 47.3 Å². The maximum absolute atomic E-state index is 12.6. The molecule has 0 aliphatic rings. The standard InChI is InChI=1S/C20H21ClN4O2/c1-4-13-6-5-7-15(10-13)23-20(27)22-12(2)18-24-17-11-14(21)8-9-16(17)19(26)25(18)3/h5-12H,4H2,1-3H3,(H2,22,23,27). The molecule has 1 heterocycles. The minimum absolute atomic E-state index is 0.184. The van der Waals surface area contributed by atoms with Gasteiger partial charge in [0.25, 0.3) is 5.56 Å². The largest absolute Gasteiger partial charge is 0.328 e. The fourth-order valence-corrected chi connectivity index (χ4v) is 3.11. The van der Waals surface area contributed by atoms with Crippen LogP contribution in [-0.2, 0) is 13.5 Å². The first-order chi connectivity index (χ1) is 12.9. The molecule has 0 aliphatic heterocycles. The predicted molar refractivity (Wildman–Crippen MR) is 108 cm³/mol. The number of urea groups is 1. The number of halogens is 1. The van der Waals surface area contributed by atoms with Crippen molar-refractivity contribution in [1.82, 2.24) is 14.9 Å². The van der Waals surface area contributed by atoms with Gasteiger partial charge in [-0.05, 0) is 49.2 Å². The van der Waals surface area contributed by atoms with Gasteiger partial charge < -0.3 is 10.6 Å². The predicted octanol–water partition coefficient (Wildman–Crippen LogP) is 4.03. The molecule has 0 bridgehead atoms. The molecule has 3 aromatic rings. The number of aromatic nitrogens is 2. The first-order valence-electron chi connectivity index (χ1n) is 8.71. The maximum Gasteiger partial charge on any atom is 0.319 e. The molecule has 7 heteroatoms. The smallest absolute Gasteiger partial charge is 0.319 e. The van der Waals surface area contributed by atoms with Crippen LogP contribution in [0.5, 0.6) is 0 Å². The zero-order valence-corrected chi connectivity index (χ0v) is 16.2. The summed E-state index contributed by atoms with van der Waals surface area (Å²) in [5, 5.41) is 6.62. The van der Waals surface area contributed by atoms with Gasteiger partial charge in [0.2, 0.25) is 0 Å². The van der Waals surface area contributed by atoms with E-state index in [1.165, 1.54) is 4.57 Å². The van der Waals surface area contributed by atoms with Gasteiger partial charge in [0, 0.05) is 17.8 Å². The zero-order chi connectivity index (χ0) is 19.6. The second kappa shape index (κ2) is 7.80. The van der Waals surface area contributed by atoms with Crippen molar-refractivity contribution in [3.05, 3.63) is 69.2 Å². The number of fused-ring (bicyclic) bond motifs is 1. The molecule has 0 saturated carbocycles. The molecule has 0 saturated heterocycles. The quantitative estimate of drug-likeness (QED) is 0.713. The van der Waals surface area contributed by atoms with Crippen molar-refractivity contribution in [3.63, 3.8) is 0 Å². The number of nitrogens with one attached hydrogen (secondary N) is 2. The third-order valence-corrected chi connectivity index (χ3v) is 4.64. The number of amides is 2. The molecule has 0 spiro atoms. The fourth-order valence-electron chi connectivity index (χ4n) is 2.95. The molecular weight excluding hydrogens is 364 g/mol. The van der Waals surface area contributed by atoms with Crippen LogP contribution in [0, 0.1) is 0 Å². The third kappa shape index (κ3) is 4.11. The Hall–Kier alpha value is -2.86. The first kappa shape index (κ1) is 18.9. The van der Waals surface area contributed by atoms with E-state index in [-0.39, 0.29) is 11.6 Å². The summed E-state index contributed by atoms with van der Waals surface area (Å²) in [5.41, 5.74) is 2.17. The molecule has 27 heavy (non-hydrogen) atoms. The van der Waals surface area contributed by atoms with Crippen LogP contribution < -0.4 is 16.2 Å². The lowest BCUT2D eigenvalue weighted by Gasteiger charge is -2.18. The molecule has 6 nitrogen and oxygen atoms in total. The highest BCUT2D eigenvalue weighted by Gasteiger charge is 2.17. The fraction of sp³-hybridized carbons (Fsp3) is 0.250. The Morgan fingerprint density at radius 2 is 2.04 bits per heavy atom. The minimum atomic E-state index is -0.472. The summed E-state index contributed by atoms with van der Waals surface area (Å²) in [4.78, 5) is 29.4. The van der Waals surface area contributed by atoms with Crippen molar-refractivity contribution in [2.45, 2.75) is 26.3 Å². The van der Waals surface area contributed by atoms with E-state index >= 15 is 0 Å². The molecule has 1 atom stereocenters. The van der Waals surface area contributed by atoms with Gasteiger partial charge in [0.05, 0.1) is 16.9 Å². The molecule has 2 aromatic carbocycles. The Kier molecular flexibility index (Phi) is 5.46. The van der Waals surface area contributed by atoms with E-state index in [0.717, 1.165) is 12.0 Å². The molecule has 0 aliphatic carbocycles. The second-order valence-electron chi connectivity index (χ2n) is 6.37. The molecule has 1 unspecified atom stereocenters. The van der Waals surface area contributed by atoms with E-state index in [4.69, 9.17) is 11.6 Å². The summed E-state index contributed by atoms with van der Waals surface area (Å²) in [7, 11) is 1.64. The molecular formula is C20H21ClN4O2. The second-order valence-corrected chi connectivity index (χ2v) is 6.81. The monoisotopic (exact) mass is 384 g/mol. The van der Waals surface area contributed by atoms with E-state index in [0.29, 0.717) is 27.4 Å². The van der Waals surface area contributed by atoms with Crippen LogP contribution in [-0.4, -0.2) is 15.6 Å². The van der Waals surface area contributed by atoms with Crippen LogP contribution in [0.3, 0.4) is 0 Å². The van der Waals surface area contributed by atoms with Crippen molar-refractivity contribution < 1.29 is 4.79 Å². The summed E-state index contributed by atoms with van der Waals surface area (Å²) >= 11 is 6.01. The van der Waals surface area contributed by atoms with E-state index in [1.807, 2.05) is 24.3 Å². The number of aryl methyl sites for hydroxylation is 1. The average molecular weight is 385 g/mol. The van der Waals surface area contributed by atoms with Gasteiger partial charge in [-0.25, -0.2) is 9.78 Å². The van der Waals surface area contributed by atoms with Gasteiger partial charge in [-0.15, -0.1) is 0 Å². The van der Waals surface area contributed by atoms with Crippen LogP contribution in [0.4, 0.5) is 10.5 Å². The highest BCUT2D eigenvalue weighted by Crippen LogP contribution is 2.18. The van der Waals surface area contributed by atoms with Gasteiger partial charge in [0.1, 0.15) is 5.82 Å². The van der Waals surface area contributed by atoms with Gasteiger partial charge >= 0.3 is 6.03 Å². The number of benzene rings is 2. The number of anilines is 1. The van der Waals surface area contributed by atoms with Crippen molar-refractivity contribution in [2.24, 2.45) is 7.05 Å². The van der Waals surface area contributed by atoms with Crippen LogP contribution >= 0.6 is 11.6 Å². The highest BCUT2D eigenvalue weighted by atomic mass is 35.5. The van der Waals surface area contributed by atoms with Gasteiger partial charge in [0.15, 0.2) is 0 Å². The summed E-state index contributed by atoms with van der Waals surface area (Å²) in [6, 6.07) is 11.8. The number of carbonyl (C=O) groups excluding carboxylic acids is 1.